The molecule has 0 aliphatic rings. The molecule has 0 fully saturated rings. The van der Waals surface area contributed by atoms with Gasteiger partial charge in [-0.05, 0) is 43.7 Å². The van der Waals surface area contributed by atoms with Crippen LogP contribution in [0.15, 0.2) is 30.5 Å². The van der Waals surface area contributed by atoms with E-state index in [4.69, 9.17) is 0 Å². The van der Waals surface area contributed by atoms with Crippen molar-refractivity contribution in [1.29, 1.82) is 0 Å². The van der Waals surface area contributed by atoms with Crippen molar-refractivity contribution in [2.24, 2.45) is 0 Å². The summed E-state index contributed by atoms with van der Waals surface area (Å²) in [4.78, 5) is 6.97. The fourth-order valence-electron chi connectivity index (χ4n) is 2.12. The number of hydrogen-bond acceptors (Lipinski definition) is 3. The molecule has 4 heteroatoms. The summed E-state index contributed by atoms with van der Waals surface area (Å²) in [6.07, 6.45) is 4.35. The van der Waals surface area contributed by atoms with E-state index in [1.165, 1.54) is 22.0 Å². The number of halogens is 1. The number of rotatable bonds is 7. The average Bonchev–Trinajstić information content (AvgIpc) is 2.92. The summed E-state index contributed by atoms with van der Waals surface area (Å²) in [5, 5.41) is 3.50. The molecule has 1 unspecified atom stereocenters. The number of nitrogens with one attached hydrogen (secondary N) is 1. The highest BCUT2D eigenvalue weighted by atomic mass is 32.1. The van der Waals surface area contributed by atoms with Crippen LogP contribution < -0.4 is 5.32 Å². The van der Waals surface area contributed by atoms with Crippen molar-refractivity contribution in [3.8, 4) is 0 Å². The van der Waals surface area contributed by atoms with Crippen LogP contribution in [0.2, 0.25) is 0 Å². The van der Waals surface area contributed by atoms with Crippen LogP contribution in [0.3, 0.4) is 0 Å². The van der Waals surface area contributed by atoms with Crippen LogP contribution >= 0.6 is 11.3 Å². The van der Waals surface area contributed by atoms with E-state index in [-0.39, 0.29) is 11.9 Å². The Morgan fingerprint density at radius 2 is 2.00 bits per heavy atom. The van der Waals surface area contributed by atoms with Gasteiger partial charge in [0.05, 0.1) is 17.9 Å². The minimum absolute atomic E-state index is 0.152. The Balaban J connectivity index is 2.12. The molecule has 0 radical (unpaired) electrons. The summed E-state index contributed by atoms with van der Waals surface area (Å²) >= 11 is 1.85. The molecular formula is C16H21FN2S. The van der Waals surface area contributed by atoms with E-state index in [1.807, 2.05) is 11.3 Å². The second-order valence-electron chi connectivity index (χ2n) is 4.83. The Morgan fingerprint density at radius 1 is 1.20 bits per heavy atom. The van der Waals surface area contributed by atoms with Gasteiger partial charge in [0.2, 0.25) is 0 Å². The number of hydrogen-bond donors (Lipinski definition) is 1. The van der Waals surface area contributed by atoms with Gasteiger partial charge in [0, 0.05) is 16.2 Å². The highest BCUT2D eigenvalue weighted by Crippen LogP contribution is 2.23. The van der Waals surface area contributed by atoms with Crippen LogP contribution in [-0.4, -0.2) is 11.5 Å². The molecule has 0 aliphatic heterocycles. The molecule has 0 aromatic carbocycles. The molecule has 2 aromatic rings. The summed E-state index contributed by atoms with van der Waals surface area (Å²) < 4.78 is 13.0. The van der Waals surface area contributed by atoms with Gasteiger partial charge in [-0.25, -0.2) is 4.39 Å². The molecule has 0 saturated carbocycles. The van der Waals surface area contributed by atoms with Crippen molar-refractivity contribution in [1.82, 2.24) is 10.3 Å². The van der Waals surface area contributed by atoms with Crippen LogP contribution in [-0.2, 0) is 12.8 Å². The van der Waals surface area contributed by atoms with Gasteiger partial charge in [-0.3, -0.25) is 4.98 Å². The van der Waals surface area contributed by atoms with Gasteiger partial charge in [0.1, 0.15) is 5.82 Å². The zero-order chi connectivity index (χ0) is 14.4. The standard InChI is InChI=1S/C16H21FN2S/c1-3-9-18-16(15-8-5-12(17)11-19-15)10-14-7-6-13(4-2)20-14/h5-8,11,16,18H,3-4,9-10H2,1-2H3. The summed E-state index contributed by atoms with van der Waals surface area (Å²) in [5.74, 6) is -0.285. The summed E-state index contributed by atoms with van der Waals surface area (Å²) in [5.41, 5.74) is 0.909. The second kappa shape index (κ2) is 7.50. The lowest BCUT2D eigenvalue weighted by atomic mass is 10.1. The van der Waals surface area contributed by atoms with Crippen LogP contribution in [0.4, 0.5) is 4.39 Å². The Morgan fingerprint density at radius 3 is 2.60 bits per heavy atom. The molecule has 1 atom stereocenters. The van der Waals surface area contributed by atoms with Crippen molar-refractivity contribution in [3.63, 3.8) is 0 Å². The molecule has 2 heterocycles. The average molecular weight is 292 g/mol. The predicted molar refractivity (Wildman–Crippen MR) is 82.6 cm³/mol. The summed E-state index contributed by atoms with van der Waals surface area (Å²) in [7, 11) is 0. The lowest BCUT2D eigenvalue weighted by Crippen LogP contribution is -2.24. The van der Waals surface area contributed by atoms with Gasteiger partial charge in [-0.2, -0.15) is 0 Å². The Kier molecular flexibility index (Phi) is 5.68. The lowest BCUT2D eigenvalue weighted by molar-refractivity contribution is 0.517. The predicted octanol–water partition coefficient (Wildman–Crippen LogP) is 4.13. The van der Waals surface area contributed by atoms with Gasteiger partial charge in [-0.15, -0.1) is 11.3 Å². The Labute approximate surface area is 124 Å². The molecule has 2 aromatic heterocycles. The normalized spacial score (nSPS) is 12.6. The van der Waals surface area contributed by atoms with Crippen LogP contribution in [0, 0.1) is 5.82 Å². The molecule has 2 nitrogen and oxygen atoms in total. The fourth-order valence-corrected chi connectivity index (χ4v) is 3.12. The van der Waals surface area contributed by atoms with Crippen molar-refractivity contribution in [2.75, 3.05) is 6.54 Å². The first-order chi connectivity index (χ1) is 9.72. The maximum absolute atomic E-state index is 13.0. The van der Waals surface area contributed by atoms with E-state index in [0.29, 0.717) is 0 Å². The molecule has 2 rings (SSSR count). The first kappa shape index (κ1) is 15.1. The van der Waals surface area contributed by atoms with E-state index in [9.17, 15) is 4.39 Å². The van der Waals surface area contributed by atoms with Gasteiger partial charge in [0.25, 0.3) is 0 Å². The largest absolute Gasteiger partial charge is 0.308 e. The second-order valence-corrected chi connectivity index (χ2v) is 6.09. The third-order valence-electron chi connectivity index (χ3n) is 3.22. The van der Waals surface area contributed by atoms with Crippen molar-refractivity contribution >= 4 is 11.3 Å². The molecule has 1 N–H and O–H groups in total. The number of pyridine rings is 1. The topological polar surface area (TPSA) is 24.9 Å². The number of aryl methyl sites for hydroxylation is 1. The smallest absolute Gasteiger partial charge is 0.141 e. The highest BCUT2D eigenvalue weighted by Gasteiger charge is 2.14. The van der Waals surface area contributed by atoms with E-state index >= 15 is 0 Å². The van der Waals surface area contributed by atoms with Gasteiger partial charge in [-0.1, -0.05) is 13.8 Å². The minimum Gasteiger partial charge on any atom is -0.308 e. The van der Waals surface area contributed by atoms with Crippen LogP contribution in [0.1, 0.15) is 41.8 Å². The molecule has 0 spiro atoms. The van der Waals surface area contributed by atoms with E-state index in [1.54, 1.807) is 6.07 Å². The molecule has 0 amide bonds. The van der Waals surface area contributed by atoms with E-state index < -0.39 is 0 Å². The van der Waals surface area contributed by atoms with Crippen LogP contribution in [0.25, 0.3) is 0 Å². The monoisotopic (exact) mass is 292 g/mol. The lowest BCUT2D eigenvalue weighted by Gasteiger charge is -2.17. The van der Waals surface area contributed by atoms with Crippen molar-refractivity contribution in [2.45, 2.75) is 39.2 Å². The third kappa shape index (κ3) is 4.12. The number of thiophene rings is 1. The quantitative estimate of drug-likeness (QED) is 0.830. The molecular weight excluding hydrogens is 271 g/mol. The summed E-state index contributed by atoms with van der Waals surface area (Å²) in [6, 6.07) is 7.79. The maximum Gasteiger partial charge on any atom is 0.141 e. The van der Waals surface area contributed by atoms with Crippen molar-refractivity contribution < 1.29 is 4.39 Å². The summed E-state index contributed by atoms with van der Waals surface area (Å²) in [6.45, 7) is 5.25. The maximum atomic E-state index is 13.0. The first-order valence-corrected chi connectivity index (χ1v) is 7.97. The molecule has 0 saturated heterocycles. The number of aromatic nitrogens is 1. The van der Waals surface area contributed by atoms with E-state index in [0.717, 1.165) is 31.5 Å². The van der Waals surface area contributed by atoms with Crippen LogP contribution in [0.5, 0.6) is 0 Å². The Bertz CT molecular complexity index is 522. The van der Waals surface area contributed by atoms with Gasteiger partial charge < -0.3 is 5.32 Å². The highest BCUT2D eigenvalue weighted by molar-refractivity contribution is 7.11. The fraction of sp³-hybridized carbons (Fsp3) is 0.438. The Hall–Kier alpha value is -1.26. The number of nitrogens with zero attached hydrogens (tertiary/aromatic N) is 1. The molecule has 20 heavy (non-hydrogen) atoms. The zero-order valence-electron chi connectivity index (χ0n) is 12.0. The van der Waals surface area contributed by atoms with Gasteiger partial charge >= 0.3 is 0 Å². The third-order valence-corrected chi connectivity index (χ3v) is 4.47. The minimum atomic E-state index is -0.285. The van der Waals surface area contributed by atoms with E-state index in [2.05, 4.69) is 36.3 Å². The van der Waals surface area contributed by atoms with Gasteiger partial charge in [0.15, 0.2) is 0 Å². The van der Waals surface area contributed by atoms with Crippen molar-refractivity contribution in [3.05, 3.63) is 51.7 Å². The SMILES string of the molecule is CCCNC(Cc1ccc(CC)s1)c1ccc(F)cn1. The molecule has 0 aliphatic carbocycles. The first-order valence-electron chi connectivity index (χ1n) is 7.15. The zero-order valence-corrected chi connectivity index (χ0v) is 12.8. The molecule has 108 valence electrons. The molecule has 0 bridgehead atoms.